The van der Waals surface area contributed by atoms with Crippen LogP contribution in [0.4, 0.5) is 0 Å². The lowest BCUT2D eigenvalue weighted by Gasteiger charge is -2.08. The van der Waals surface area contributed by atoms with Gasteiger partial charge in [0.2, 0.25) is 0 Å². The summed E-state index contributed by atoms with van der Waals surface area (Å²) in [6, 6.07) is 0. The van der Waals surface area contributed by atoms with Crippen molar-refractivity contribution in [1.29, 1.82) is 0 Å². The fourth-order valence-corrected chi connectivity index (χ4v) is 0.481. The molecular weight excluding hydrogens is 192 g/mol. The summed E-state index contributed by atoms with van der Waals surface area (Å²) in [4.78, 5) is 9.13. The van der Waals surface area contributed by atoms with Crippen LogP contribution in [0.5, 0.6) is 0 Å². The molecule has 0 unspecified atom stereocenters. The molecule has 0 aromatic rings. The van der Waals surface area contributed by atoms with Crippen LogP contribution in [0.1, 0.15) is 0 Å². The van der Waals surface area contributed by atoms with Gasteiger partial charge in [0, 0.05) is 0 Å². The van der Waals surface area contributed by atoms with Crippen LogP contribution in [-0.4, -0.2) is 38.8 Å². The van der Waals surface area contributed by atoms with Crippen LogP contribution < -0.4 is 0 Å². The number of hydrogen-bond acceptors (Lipinski definition) is 3. The average Bonchev–Trinajstić information content (AvgIpc) is 1.84. The van der Waals surface area contributed by atoms with Crippen molar-refractivity contribution in [3.63, 3.8) is 0 Å². The Morgan fingerprint density at radius 3 is 2.22 bits per heavy atom. The monoisotopic (exact) mass is 198 g/mol. The molecule has 0 saturated heterocycles. The second-order valence-corrected chi connectivity index (χ2v) is 2.66. The van der Waals surface area contributed by atoms with Gasteiger partial charge in [-0.15, -0.1) is 0 Å². The highest BCUT2D eigenvalue weighted by Crippen LogP contribution is 2.03. The molecule has 0 rings (SSSR count). The molecule has 9 heavy (non-hydrogen) atoms. The molecule has 0 aliphatic rings. The van der Waals surface area contributed by atoms with E-state index in [-0.39, 0.29) is 0 Å². The third-order valence-corrected chi connectivity index (χ3v) is 1.56. The van der Waals surface area contributed by atoms with E-state index in [9.17, 15) is 4.79 Å². The molecule has 4 nitrogen and oxygen atoms in total. The van der Waals surface area contributed by atoms with Crippen molar-refractivity contribution in [1.82, 2.24) is 0 Å². The van der Waals surface area contributed by atoms with Crippen molar-refractivity contribution in [2.24, 2.45) is 0 Å². The summed E-state index contributed by atoms with van der Waals surface area (Å²) in [6.45, 7) is -0.395. The number of halogens is 1. The lowest BCUT2D eigenvalue weighted by atomic mass is 10.3. The first-order chi connectivity index (χ1) is 4.09. The molecule has 3 N–H and O–H groups in total. The van der Waals surface area contributed by atoms with E-state index >= 15 is 0 Å². The first kappa shape index (κ1) is 8.87. The molecular formula is C4H7BrO4. The maximum atomic E-state index is 9.91. The standard InChI is InChI=1S/C4H7BrO4/c5-2(1-6)3(7)4(8)9/h2-3,6-7H,1H2,(H,8,9)/t2-,3+/m1/s1. The molecule has 0 radical (unpaired) electrons. The molecule has 0 spiro atoms. The van der Waals surface area contributed by atoms with Gasteiger partial charge in [-0.05, 0) is 0 Å². The van der Waals surface area contributed by atoms with Gasteiger partial charge in [0.15, 0.2) is 6.10 Å². The predicted molar refractivity (Wildman–Crippen MR) is 33.4 cm³/mol. The van der Waals surface area contributed by atoms with Crippen molar-refractivity contribution < 1.29 is 20.1 Å². The maximum Gasteiger partial charge on any atom is 0.333 e. The van der Waals surface area contributed by atoms with E-state index in [2.05, 4.69) is 15.9 Å². The Morgan fingerprint density at radius 2 is 2.11 bits per heavy atom. The van der Waals surface area contributed by atoms with E-state index < -0.39 is 23.5 Å². The van der Waals surface area contributed by atoms with Gasteiger partial charge in [-0.1, -0.05) is 15.9 Å². The third-order valence-electron chi connectivity index (χ3n) is 0.770. The Balaban J connectivity index is 3.72. The van der Waals surface area contributed by atoms with Crippen molar-refractivity contribution >= 4 is 21.9 Å². The van der Waals surface area contributed by atoms with Crippen molar-refractivity contribution in [2.45, 2.75) is 10.9 Å². The predicted octanol–water partition coefficient (Wildman–Crippen LogP) is -0.812. The number of carbonyl (C=O) groups is 1. The minimum atomic E-state index is -1.53. The number of rotatable bonds is 3. The van der Waals surface area contributed by atoms with E-state index in [1.165, 1.54) is 0 Å². The number of aliphatic hydroxyl groups is 2. The van der Waals surface area contributed by atoms with Gasteiger partial charge in [-0.25, -0.2) is 4.79 Å². The van der Waals surface area contributed by atoms with Crippen LogP contribution in [0.2, 0.25) is 0 Å². The Kier molecular flexibility index (Phi) is 3.76. The molecule has 0 aliphatic heterocycles. The SMILES string of the molecule is O=C(O)[C@@H](O)[C@H](Br)CO. The Morgan fingerprint density at radius 1 is 1.67 bits per heavy atom. The van der Waals surface area contributed by atoms with E-state index in [1.807, 2.05) is 0 Å². The molecule has 2 atom stereocenters. The van der Waals surface area contributed by atoms with Gasteiger partial charge < -0.3 is 15.3 Å². The molecule has 0 fully saturated rings. The molecule has 5 heteroatoms. The molecule has 0 aliphatic carbocycles. The van der Waals surface area contributed by atoms with E-state index in [1.54, 1.807) is 0 Å². The highest BCUT2D eigenvalue weighted by atomic mass is 79.9. The minimum Gasteiger partial charge on any atom is -0.479 e. The van der Waals surface area contributed by atoms with Crippen LogP contribution in [0.15, 0.2) is 0 Å². The highest BCUT2D eigenvalue weighted by molar-refractivity contribution is 9.09. The number of aliphatic carboxylic acids is 1. The summed E-state index contributed by atoms with van der Waals surface area (Å²) < 4.78 is 0. The average molecular weight is 199 g/mol. The Hall–Kier alpha value is -0.130. The number of carboxylic acids is 1. The number of alkyl halides is 1. The fraction of sp³-hybridized carbons (Fsp3) is 0.750. The van der Waals surface area contributed by atoms with Crippen LogP contribution in [-0.2, 0) is 4.79 Å². The first-order valence-electron chi connectivity index (χ1n) is 2.25. The van der Waals surface area contributed by atoms with E-state index in [0.29, 0.717) is 0 Å². The van der Waals surface area contributed by atoms with Crippen molar-refractivity contribution in [3.05, 3.63) is 0 Å². The second-order valence-electron chi connectivity index (χ2n) is 1.48. The molecule has 0 amide bonds. The van der Waals surface area contributed by atoms with Gasteiger partial charge in [-0.3, -0.25) is 0 Å². The second kappa shape index (κ2) is 3.81. The van der Waals surface area contributed by atoms with Crippen molar-refractivity contribution in [2.75, 3.05) is 6.61 Å². The first-order valence-corrected chi connectivity index (χ1v) is 3.17. The summed E-state index contributed by atoms with van der Waals surface area (Å²) in [5.41, 5.74) is 0. The van der Waals surface area contributed by atoms with Crippen LogP contribution in [0, 0.1) is 0 Å². The summed E-state index contributed by atoms with van der Waals surface area (Å²) in [6.07, 6.45) is -1.53. The normalized spacial score (nSPS) is 16.8. The number of hydrogen-bond donors (Lipinski definition) is 3. The third kappa shape index (κ3) is 2.78. The zero-order valence-corrected chi connectivity index (χ0v) is 6.08. The van der Waals surface area contributed by atoms with Gasteiger partial charge in [-0.2, -0.15) is 0 Å². The Labute approximate surface area is 60.2 Å². The number of carboxylic acid groups (broad SMARTS) is 1. The van der Waals surface area contributed by atoms with Crippen LogP contribution in [0.3, 0.4) is 0 Å². The lowest BCUT2D eigenvalue weighted by Crippen LogP contribution is -2.31. The smallest absolute Gasteiger partial charge is 0.333 e. The van der Waals surface area contributed by atoms with Crippen molar-refractivity contribution in [3.8, 4) is 0 Å². The van der Waals surface area contributed by atoms with E-state index in [4.69, 9.17) is 15.3 Å². The molecule has 0 aromatic heterocycles. The largest absolute Gasteiger partial charge is 0.479 e. The lowest BCUT2D eigenvalue weighted by molar-refractivity contribution is -0.146. The molecule has 54 valence electrons. The molecule has 0 saturated carbocycles. The summed E-state index contributed by atoms with van der Waals surface area (Å²) in [7, 11) is 0. The summed E-state index contributed by atoms with van der Waals surface area (Å²) >= 11 is 2.76. The Bertz CT molecular complexity index is 105. The molecule has 0 bridgehead atoms. The van der Waals surface area contributed by atoms with Gasteiger partial charge in [0.05, 0.1) is 11.4 Å². The van der Waals surface area contributed by atoms with Crippen LogP contribution >= 0.6 is 15.9 Å². The number of aliphatic hydroxyl groups excluding tert-OH is 2. The van der Waals surface area contributed by atoms with Gasteiger partial charge in [0.25, 0.3) is 0 Å². The zero-order valence-electron chi connectivity index (χ0n) is 4.49. The molecule has 0 aromatic carbocycles. The maximum absolute atomic E-state index is 9.91. The fourth-order valence-electron chi connectivity index (χ4n) is 0.255. The zero-order chi connectivity index (χ0) is 7.44. The van der Waals surface area contributed by atoms with Crippen LogP contribution in [0.25, 0.3) is 0 Å². The highest BCUT2D eigenvalue weighted by Gasteiger charge is 2.21. The quantitative estimate of drug-likeness (QED) is 0.519. The van der Waals surface area contributed by atoms with E-state index in [0.717, 1.165) is 0 Å². The molecule has 0 heterocycles. The summed E-state index contributed by atoms with van der Waals surface area (Å²) in [5.74, 6) is -1.34. The minimum absolute atomic E-state index is 0.395. The topological polar surface area (TPSA) is 77.8 Å². The van der Waals surface area contributed by atoms with Gasteiger partial charge >= 0.3 is 5.97 Å². The van der Waals surface area contributed by atoms with Gasteiger partial charge in [0.1, 0.15) is 0 Å². The summed E-state index contributed by atoms with van der Waals surface area (Å²) in [5, 5.41) is 25.0.